The van der Waals surface area contributed by atoms with Gasteiger partial charge < -0.3 is 20.1 Å². The summed E-state index contributed by atoms with van der Waals surface area (Å²) in [4.78, 5) is 4.14. The Morgan fingerprint density at radius 3 is 2.83 bits per heavy atom. The van der Waals surface area contributed by atoms with Crippen molar-refractivity contribution in [2.24, 2.45) is 4.99 Å². The lowest BCUT2D eigenvalue weighted by atomic mass is 10.1. The second-order valence-corrected chi connectivity index (χ2v) is 7.91. The van der Waals surface area contributed by atoms with Crippen molar-refractivity contribution in [2.45, 2.75) is 18.9 Å². The maximum atomic E-state index is 11.5. The normalized spacial score (nSPS) is 21.2. The minimum Gasteiger partial charge on any atom is -0.454 e. The Morgan fingerprint density at radius 2 is 2.12 bits per heavy atom. The highest BCUT2D eigenvalue weighted by Gasteiger charge is 2.28. The van der Waals surface area contributed by atoms with Crippen LogP contribution in [0.5, 0.6) is 11.5 Å². The van der Waals surface area contributed by atoms with E-state index in [1.165, 1.54) is 0 Å². The number of fused-ring (bicyclic) bond motifs is 1. The minimum atomic E-state index is -2.89. The Bertz CT molecular complexity index is 709. The van der Waals surface area contributed by atoms with E-state index in [4.69, 9.17) is 9.47 Å². The number of ether oxygens (including phenoxy) is 2. The van der Waals surface area contributed by atoms with E-state index in [2.05, 4.69) is 15.6 Å². The molecule has 2 aliphatic heterocycles. The van der Waals surface area contributed by atoms with Gasteiger partial charge in [0.25, 0.3) is 0 Å². The van der Waals surface area contributed by atoms with Gasteiger partial charge in [-0.3, -0.25) is 4.99 Å². The number of rotatable bonds is 4. The topological polar surface area (TPSA) is 89.0 Å². The average molecular weight is 467 g/mol. The van der Waals surface area contributed by atoms with Crippen LogP contribution in [-0.2, 0) is 16.3 Å². The van der Waals surface area contributed by atoms with Gasteiger partial charge in [-0.25, -0.2) is 8.42 Å². The van der Waals surface area contributed by atoms with E-state index in [0.29, 0.717) is 18.9 Å². The van der Waals surface area contributed by atoms with Crippen LogP contribution < -0.4 is 20.1 Å². The highest BCUT2D eigenvalue weighted by molar-refractivity contribution is 14.0. The van der Waals surface area contributed by atoms with Crippen LogP contribution in [0.2, 0.25) is 0 Å². The first kappa shape index (κ1) is 19.1. The lowest BCUT2D eigenvalue weighted by molar-refractivity contribution is 0.174. The highest BCUT2D eigenvalue weighted by Crippen LogP contribution is 2.32. The van der Waals surface area contributed by atoms with Crippen LogP contribution in [0.4, 0.5) is 0 Å². The number of guanidine groups is 1. The molecule has 0 amide bonds. The molecule has 134 valence electrons. The number of aliphatic imine (C=N–C) groups is 1. The van der Waals surface area contributed by atoms with Crippen molar-refractivity contribution in [3.63, 3.8) is 0 Å². The van der Waals surface area contributed by atoms with Gasteiger partial charge in [-0.05, 0) is 30.5 Å². The fraction of sp³-hybridized carbons (Fsp3) is 0.533. The predicted octanol–water partition coefficient (Wildman–Crippen LogP) is 0.928. The van der Waals surface area contributed by atoms with Crippen molar-refractivity contribution in [3.8, 4) is 11.5 Å². The Morgan fingerprint density at radius 1 is 1.33 bits per heavy atom. The third-order valence-corrected chi connectivity index (χ3v) is 5.71. The number of benzene rings is 1. The summed E-state index contributed by atoms with van der Waals surface area (Å²) < 4.78 is 33.6. The smallest absolute Gasteiger partial charge is 0.231 e. The molecule has 0 bridgehead atoms. The number of nitrogens with zero attached hydrogens (tertiary/aromatic N) is 1. The summed E-state index contributed by atoms with van der Waals surface area (Å²) in [7, 11) is -1.21. The Hall–Kier alpha value is -1.23. The molecule has 0 aromatic heterocycles. The van der Waals surface area contributed by atoms with Gasteiger partial charge in [0.05, 0.1) is 11.5 Å². The third kappa shape index (κ3) is 4.88. The van der Waals surface area contributed by atoms with Gasteiger partial charge in [0.1, 0.15) is 0 Å². The SMILES string of the molecule is CN=C(NCCc1ccc2c(c1)OCO2)NC1CCS(=O)(=O)C1.I. The van der Waals surface area contributed by atoms with E-state index in [1.54, 1.807) is 7.05 Å². The standard InChI is InChI=1S/C15H21N3O4S.HI/c1-16-15(18-12-5-7-23(19,20)9-12)17-6-4-11-2-3-13-14(8-11)22-10-21-13;/h2-3,8,12H,4-7,9-10H2,1H3,(H2,16,17,18);1H. The fourth-order valence-electron chi connectivity index (χ4n) is 2.72. The quantitative estimate of drug-likeness (QED) is 0.389. The van der Waals surface area contributed by atoms with Gasteiger partial charge in [0, 0.05) is 19.6 Å². The predicted molar refractivity (Wildman–Crippen MR) is 103 cm³/mol. The third-order valence-electron chi connectivity index (χ3n) is 3.94. The summed E-state index contributed by atoms with van der Waals surface area (Å²) in [6.45, 7) is 0.969. The number of nitrogens with one attached hydrogen (secondary N) is 2. The number of halogens is 1. The van der Waals surface area contributed by atoms with Crippen molar-refractivity contribution in [1.29, 1.82) is 0 Å². The Labute approximate surface area is 159 Å². The average Bonchev–Trinajstić information content (AvgIpc) is 3.11. The first-order chi connectivity index (χ1) is 11.1. The molecule has 3 rings (SSSR count). The molecule has 24 heavy (non-hydrogen) atoms. The summed E-state index contributed by atoms with van der Waals surface area (Å²) >= 11 is 0. The highest BCUT2D eigenvalue weighted by atomic mass is 127. The van der Waals surface area contributed by atoms with Gasteiger partial charge in [-0.15, -0.1) is 24.0 Å². The molecule has 2 aliphatic rings. The first-order valence-electron chi connectivity index (χ1n) is 7.62. The molecular formula is C15H22IN3O4S. The number of sulfone groups is 1. The van der Waals surface area contributed by atoms with Crippen molar-refractivity contribution in [2.75, 3.05) is 31.9 Å². The Balaban J connectivity index is 0.00000208. The molecule has 1 aromatic carbocycles. The van der Waals surface area contributed by atoms with Crippen LogP contribution >= 0.6 is 24.0 Å². The summed E-state index contributed by atoms with van der Waals surface area (Å²) in [5.74, 6) is 2.62. The first-order valence-corrected chi connectivity index (χ1v) is 9.44. The zero-order valence-electron chi connectivity index (χ0n) is 13.4. The van der Waals surface area contributed by atoms with Gasteiger partial charge in [0.2, 0.25) is 6.79 Å². The summed E-state index contributed by atoms with van der Waals surface area (Å²) in [5, 5.41) is 6.38. The number of hydrogen-bond donors (Lipinski definition) is 2. The summed E-state index contributed by atoms with van der Waals surface area (Å²) in [6, 6.07) is 5.84. The second-order valence-electron chi connectivity index (χ2n) is 5.68. The van der Waals surface area contributed by atoms with Crippen LogP contribution in [0.1, 0.15) is 12.0 Å². The zero-order valence-corrected chi connectivity index (χ0v) is 16.6. The van der Waals surface area contributed by atoms with Gasteiger partial charge in [0.15, 0.2) is 27.3 Å². The largest absolute Gasteiger partial charge is 0.454 e. The molecule has 0 aliphatic carbocycles. The lowest BCUT2D eigenvalue weighted by Gasteiger charge is -2.16. The van der Waals surface area contributed by atoms with E-state index in [1.807, 2.05) is 18.2 Å². The maximum Gasteiger partial charge on any atom is 0.231 e. The molecule has 2 N–H and O–H groups in total. The van der Waals surface area contributed by atoms with Crippen molar-refractivity contribution in [1.82, 2.24) is 10.6 Å². The molecular weight excluding hydrogens is 445 g/mol. The van der Waals surface area contributed by atoms with E-state index >= 15 is 0 Å². The van der Waals surface area contributed by atoms with Gasteiger partial charge in [-0.1, -0.05) is 6.07 Å². The second kappa shape index (κ2) is 8.24. The fourth-order valence-corrected chi connectivity index (χ4v) is 4.39. The van der Waals surface area contributed by atoms with Crippen LogP contribution in [0, 0.1) is 0 Å². The molecule has 0 spiro atoms. The summed E-state index contributed by atoms with van der Waals surface area (Å²) in [5.41, 5.74) is 1.14. The minimum absolute atomic E-state index is 0. The van der Waals surface area contributed by atoms with E-state index < -0.39 is 9.84 Å². The molecule has 0 saturated carbocycles. The molecule has 0 radical (unpaired) electrons. The van der Waals surface area contributed by atoms with Crippen LogP contribution in [0.15, 0.2) is 23.2 Å². The Kier molecular flexibility index (Phi) is 6.55. The van der Waals surface area contributed by atoms with Crippen LogP contribution in [0.25, 0.3) is 0 Å². The van der Waals surface area contributed by atoms with Crippen LogP contribution in [0.3, 0.4) is 0 Å². The van der Waals surface area contributed by atoms with Crippen LogP contribution in [-0.4, -0.2) is 52.3 Å². The van der Waals surface area contributed by atoms with E-state index in [-0.39, 0.29) is 48.3 Å². The van der Waals surface area contributed by atoms with Crippen molar-refractivity contribution < 1.29 is 17.9 Å². The molecule has 1 atom stereocenters. The molecule has 2 heterocycles. The molecule has 9 heteroatoms. The molecule has 1 saturated heterocycles. The van der Waals surface area contributed by atoms with Gasteiger partial charge >= 0.3 is 0 Å². The molecule has 7 nitrogen and oxygen atoms in total. The van der Waals surface area contributed by atoms with Gasteiger partial charge in [-0.2, -0.15) is 0 Å². The lowest BCUT2D eigenvalue weighted by Crippen LogP contribution is -2.44. The maximum absolute atomic E-state index is 11.5. The number of hydrogen-bond acceptors (Lipinski definition) is 5. The molecule has 1 unspecified atom stereocenters. The van der Waals surface area contributed by atoms with E-state index in [9.17, 15) is 8.42 Å². The monoisotopic (exact) mass is 467 g/mol. The van der Waals surface area contributed by atoms with Crippen molar-refractivity contribution in [3.05, 3.63) is 23.8 Å². The zero-order chi connectivity index (χ0) is 16.3. The molecule has 1 fully saturated rings. The van der Waals surface area contributed by atoms with E-state index in [0.717, 1.165) is 23.5 Å². The van der Waals surface area contributed by atoms with Crippen molar-refractivity contribution >= 4 is 39.8 Å². The summed E-state index contributed by atoms with van der Waals surface area (Å²) in [6.07, 6.45) is 1.44. The molecule has 1 aromatic rings.